The lowest BCUT2D eigenvalue weighted by atomic mass is 10.1. The SMILES string of the molecule is Cc1cc(C)cc(OCCNC(=O)C2(N)CC2)c1. The van der Waals surface area contributed by atoms with Gasteiger partial charge in [0.1, 0.15) is 12.4 Å². The fraction of sp³-hybridized carbons (Fsp3) is 0.500. The number of ether oxygens (including phenoxy) is 1. The van der Waals surface area contributed by atoms with Crippen molar-refractivity contribution in [2.75, 3.05) is 13.2 Å². The minimum absolute atomic E-state index is 0.0634. The summed E-state index contributed by atoms with van der Waals surface area (Å²) in [6, 6.07) is 6.07. The highest BCUT2D eigenvalue weighted by Crippen LogP contribution is 2.31. The van der Waals surface area contributed by atoms with E-state index in [0.717, 1.165) is 18.6 Å². The van der Waals surface area contributed by atoms with Crippen molar-refractivity contribution < 1.29 is 9.53 Å². The van der Waals surface area contributed by atoms with Crippen LogP contribution >= 0.6 is 0 Å². The summed E-state index contributed by atoms with van der Waals surface area (Å²) in [5, 5.41) is 2.80. The van der Waals surface area contributed by atoms with E-state index < -0.39 is 5.54 Å². The summed E-state index contributed by atoms with van der Waals surface area (Å²) in [7, 11) is 0. The highest BCUT2D eigenvalue weighted by atomic mass is 16.5. The highest BCUT2D eigenvalue weighted by Gasteiger charge is 2.45. The maximum atomic E-state index is 11.6. The first-order chi connectivity index (χ1) is 8.49. The van der Waals surface area contributed by atoms with Crippen LogP contribution in [0.15, 0.2) is 18.2 Å². The maximum absolute atomic E-state index is 11.6. The molecule has 0 aromatic heterocycles. The summed E-state index contributed by atoms with van der Waals surface area (Å²) < 4.78 is 5.60. The van der Waals surface area contributed by atoms with Gasteiger partial charge in [-0.1, -0.05) is 6.07 Å². The molecular weight excluding hydrogens is 228 g/mol. The summed E-state index contributed by atoms with van der Waals surface area (Å²) in [5.41, 5.74) is 7.52. The fourth-order valence-electron chi connectivity index (χ4n) is 1.89. The zero-order valence-corrected chi connectivity index (χ0v) is 11.0. The van der Waals surface area contributed by atoms with Crippen LogP contribution < -0.4 is 15.8 Å². The molecule has 0 unspecified atom stereocenters. The second kappa shape index (κ2) is 4.98. The molecule has 1 aliphatic carbocycles. The van der Waals surface area contributed by atoms with Crippen LogP contribution in [0.2, 0.25) is 0 Å². The first kappa shape index (κ1) is 12.9. The number of hydrogen-bond donors (Lipinski definition) is 2. The predicted molar refractivity (Wildman–Crippen MR) is 70.6 cm³/mol. The predicted octanol–water partition coefficient (Wildman–Crippen LogP) is 1.29. The largest absolute Gasteiger partial charge is 0.492 e. The van der Waals surface area contributed by atoms with Gasteiger partial charge in [-0.2, -0.15) is 0 Å². The summed E-state index contributed by atoms with van der Waals surface area (Å²) in [4.78, 5) is 11.6. The average molecular weight is 248 g/mol. The van der Waals surface area contributed by atoms with Crippen LogP contribution in [0.5, 0.6) is 5.75 Å². The number of amides is 1. The first-order valence-corrected chi connectivity index (χ1v) is 6.28. The molecule has 0 radical (unpaired) electrons. The van der Waals surface area contributed by atoms with E-state index in [1.54, 1.807) is 0 Å². The molecule has 0 heterocycles. The summed E-state index contributed by atoms with van der Waals surface area (Å²) in [6.45, 7) is 5.02. The van der Waals surface area contributed by atoms with E-state index in [9.17, 15) is 4.79 Å². The van der Waals surface area contributed by atoms with Gasteiger partial charge in [0.2, 0.25) is 5.91 Å². The number of nitrogens with one attached hydrogen (secondary N) is 1. The van der Waals surface area contributed by atoms with Crippen molar-refractivity contribution in [3.05, 3.63) is 29.3 Å². The quantitative estimate of drug-likeness (QED) is 0.772. The second-order valence-corrected chi connectivity index (χ2v) is 5.08. The third-order valence-electron chi connectivity index (χ3n) is 3.09. The molecule has 18 heavy (non-hydrogen) atoms. The molecule has 0 aliphatic heterocycles. The molecule has 2 rings (SSSR count). The summed E-state index contributed by atoms with van der Waals surface area (Å²) in [5.74, 6) is 0.780. The third-order valence-corrected chi connectivity index (χ3v) is 3.09. The third kappa shape index (κ3) is 3.23. The number of hydrogen-bond acceptors (Lipinski definition) is 3. The second-order valence-electron chi connectivity index (χ2n) is 5.08. The van der Waals surface area contributed by atoms with E-state index in [1.807, 2.05) is 26.0 Å². The molecule has 1 saturated carbocycles. The Kier molecular flexibility index (Phi) is 3.57. The van der Waals surface area contributed by atoms with Crippen LogP contribution in [0.1, 0.15) is 24.0 Å². The standard InChI is InChI=1S/C14H20N2O2/c1-10-7-11(2)9-12(8-10)18-6-5-16-13(17)14(15)3-4-14/h7-9H,3-6,15H2,1-2H3,(H,16,17). The summed E-state index contributed by atoms with van der Waals surface area (Å²) >= 11 is 0. The van der Waals surface area contributed by atoms with Crippen LogP contribution in [-0.2, 0) is 4.79 Å². The molecule has 1 aliphatic rings. The van der Waals surface area contributed by atoms with Gasteiger partial charge in [-0.25, -0.2) is 0 Å². The molecule has 0 spiro atoms. The Morgan fingerprint density at radius 1 is 1.33 bits per heavy atom. The molecular formula is C14H20N2O2. The van der Waals surface area contributed by atoms with Crippen LogP contribution in [0, 0.1) is 13.8 Å². The fourth-order valence-corrected chi connectivity index (χ4v) is 1.89. The van der Waals surface area contributed by atoms with Crippen LogP contribution in [-0.4, -0.2) is 24.6 Å². The minimum atomic E-state index is -0.597. The lowest BCUT2D eigenvalue weighted by Gasteiger charge is -2.11. The number of aryl methyl sites for hydroxylation is 2. The van der Waals surface area contributed by atoms with Crippen LogP contribution in [0.25, 0.3) is 0 Å². The Morgan fingerprint density at radius 2 is 1.94 bits per heavy atom. The van der Waals surface area contributed by atoms with Gasteiger partial charge in [0.25, 0.3) is 0 Å². The van der Waals surface area contributed by atoms with Crippen LogP contribution in [0.3, 0.4) is 0 Å². The number of rotatable bonds is 5. The van der Waals surface area contributed by atoms with Gasteiger partial charge in [0, 0.05) is 0 Å². The first-order valence-electron chi connectivity index (χ1n) is 6.28. The van der Waals surface area contributed by atoms with Crippen molar-refractivity contribution in [1.29, 1.82) is 0 Å². The molecule has 1 fully saturated rings. The average Bonchev–Trinajstić information content (AvgIpc) is 3.02. The summed E-state index contributed by atoms with van der Waals surface area (Å²) in [6.07, 6.45) is 1.58. The lowest BCUT2D eigenvalue weighted by molar-refractivity contribution is -0.123. The molecule has 1 aromatic carbocycles. The van der Waals surface area contributed by atoms with Gasteiger partial charge in [-0.05, 0) is 49.9 Å². The zero-order valence-electron chi connectivity index (χ0n) is 11.0. The maximum Gasteiger partial charge on any atom is 0.240 e. The van der Waals surface area contributed by atoms with Crippen molar-refractivity contribution in [3.63, 3.8) is 0 Å². The molecule has 0 atom stereocenters. The van der Waals surface area contributed by atoms with Crippen molar-refractivity contribution >= 4 is 5.91 Å². The molecule has 1 aromatic rings. The van der Waals surface area contributed by atoms with Gasteiger partial charge in [0.05, 0.1) is 12.1 Å². The van der Waals surface area contributed by atoms with Crippen molar-refractivity contribution in [1.82, 2.24) is 5.32 Å². The smallest absolute Gasteiger partial charge is 0.240 e. The van der Waals surface area contributed by atoms with E-state index >= 15 is 0 Å². The Bertz CT molecular complexity index is 433. The van der Waals surface area contributed by atoms with Gasteiger partial charge in [0.15, 0.2) is 0 Å². The Morgan fingerprint density at radius 3 is 2.50 bits per heavy atom. The van der Waals surface area contributed by atoms with E-state index in [0.29, 0.717) is 13.2 Å². The van der Waals surface area contributed by atoms with Crippen molar-refractivity contribution in [3.8, 4) is 5.75 Å². The highest BCUT2D eigenvalue weighted by molar-refractivity contribution is 5.88. The van der Waals surface area contributed by atoms with E-state index in [1.165, 1.54) is 11.1 Å². The molecule has 0 saturated heterocycles. The molecule has 98 valence electrons. The van der Waals surface area contributed by atoms with Gasteiger partial charge < -0.3 is 15.8 Å². The monoisotopic (exact) mass is 248 g/mol. The molecule has 3 N–H and O–H groups in total. The number of carbonyl (C=O) groups excluding carboxylic acids is 1. The number of benzene rings is 1. The molecule has 0 bridgehead atoms. The van der Waals surface area contributed by atoms with E-state index in [4.69, 9.17) is 10.5 Å². The van der Waals surface area contributed by atoms with Gasteiger partial charge in [-0.3, -0.25) is 4.79 Å². The number of nitrogens with two attached hydrogens (primary N) is 1. The van der Waals surface area contributed by atoms with Crippen molar-refractivity contribution in [2.24, 2.45) is 5.73 Å². The topological polar surface area (TPSA) is 64.3 Å². The normalized spacial score (nSPS) is 16.2. The van der Waals surface area contributed by atoms with E-state index in [-0.39, 0.29) is 5.91 Å². The lowest BCUT2D eigenvalue weighted by Crippen LogP contribution is -2.44. The minimum Gasteiger partial charge on any atom is -0.492 e. The van der Waals surface area contributed by atoms with Crippen molar-refractivity contribution in [2.45, 2.75) is 32.2 Å². The molecule has 4 nitrogen and oxygen atoms in total. The molecule has 4 heteroatoms. The Labute approximate surface area is 108 Å². The van der Waals surface area contributed by atoms with Gasteiger partial charge in [-0.15, -0.1) is 0 Å². The van der Waals surface area contributed by atoms with Gasteiger partial charge >= 0.3 is 0 Å². The van der Waals surface area contributed by atoms with Crippen LogP contribution in [0.4, 0.5) is 0 Å². The Hall–Kier alpha value is -1.55. The van der Waals surface area contributed by atoms with E-state index in [2.05, 4.69) is 11.4 Å². The Balaban J connectivity index is 1.73. The number of carbonyl (C=O) groups is 1. The zero-order chi connectivity index (χ0) is 13.2. The molecule has 1 amide bonds.